The molecule has 3 N–H and O–H groups in total. The number of nitrogens with zero attached hydrogens (tertiary/aromatic N) is 2. The van der Waals surface area contributed by atoms with E-state index in [-0.39, 0.29) is 17.2 Å². The lowest BCUT2D eigenvalue weighted by Gasteiger charge is -2.10. The summed E-state index contributed by atoms with van der Waals surface area (Å²) in [6, 6.07) is 7.46. The molecule has 0 radical (unpaired) electrons. The third-order valence-corrected chi connectivity index (χ3v) is 3.40. The summed E-state index contributed by atoms with van der Waals surface area (Å²) in [7, 11) is 3.79. The summed E-state index contributed by atoms with van der Waals surface area (Å²) in [6.07, 6.45) is 0. The molecule has 132 valence electrons. The molecule has 25 heavy (non-hydrogen) atoms. The lowest BCUT2D eigenvalue weighted by molar-refractivity contribution is -0.402. The van der Waals surface area contributed by atoms with Crippen LogP contribution in [0.3, 0.4) is 0 Å². The van der Waals surface area contributed by atoms with Crippen molar-refractivity contribution in [2.24, 2.45) is 5.73 Å². The summed E-state index contributed by atoms with van der Waals surface area (Å²) in [5.74, 6) is -2.13. The van der Waals surface area contributed by atoms with Gasteiger partial charge in [0.2, 0.25) is 5.76 Å². The van der Waals surface area contributed by atoms with Gasteiger partial charge in [-0.05, 0) is 31.8 Å². The van der Waals surface area contributed by atoms with Crippen LogP contribution in [0.25, 0.3) is 11.1 Å². The molecule has 0 aliphatic rings. The number of benzene rings is 1. The standard InChI is InChI=1S/C16H18N4O5/c1-19(2)7-6-18-16(22)11-5-3-4-10(8-11)12-9-13(20(23)24)25-14(12)15(17)21/h3-5,8-9H,6-7H2,1-2H3,(H2,17,21)(H,18,22). The number of furan rings is 1. The Kier molecular flexibility index (Phi) is 5.50. The molecule has 0 aliphatic carbocycles. The Balaban J connectivity index is 2.31. The number of nitro groups is 1. The van der Waals surface area contributed by atoms with Crippen LogP contribution in [0.5, 0.6) is 0 Å². The van der Waals surface area contributed by atoms with E-state index in [1.54, 1.807) is 18.2 Å². The highest BCUT2D eigenvalue weighted by Crippen LogP contribution is 2.31. The highest BCUT2D eigenvalue weighted by Gasteiger charge is 2.23. The minimum Gasteiger partial charge on any atom is -0.395 e. The van der Waals surface area contributed by atoms with Crippen molar-refractivity contribution in [2.75, 3.05) is 27.2 Å². The molecule has 9 heteroatoms. The first-order chi connectivity index (χ1) is 11.8. The van der Waals surface area contributed by atoms with Crippen molar-refractivity contribution in [3.63, 3.8) is 0 Å². The van der Waals surface area contributed by atoms with E-state index in [1.165, 1.54) is 6.07 Å². The quantitative estimate of drug-likeness (QED) is 0.573. The van der Waals surface area contributed by atoms with E-state index in [2.05, 4.69) is 5.32 Å². The summed E-state index contributed by atoms with van der Waals surface area (Å²) >= 11 is 0. The van der Waals surface area contributed by atoms with E-state index in [0.29, 0.717) is 24.2 Å². The van der Waals surface area contributed by atoms with Gasteiger partial charge in [0.25, 0.3) is 11.8 Å². The molecular weight excluding hydrogens is 328 g/mol. The molecule has 1 heterocycles. The maximum absolute atomic E-state index is 12.2. The minimum atomic E-state index is -0.927. The Labute approximate surface area is 143 Å². The zero-order chi connectivity index (χ0) is 18.6. The van der Waals surface area contributed by atoms with E-state index in [0.717, 1.165) is 6.07 Å². The van der Waals surface area contributed by atoms with E-state index < -0.39 is 16.7 Å². The SMILES string of the molecule is CN(C)CCNC(=O)c1cccc(-c2cc([N+](=O)[O-])oc2C(N)=O)c1. The smallest absolute Gasteiger partial charge is 0.395 e. The second-order valence-electron chi connectivity index (χ2n) is 5.59. The monoisotopic (exact) mass is 346 g/mol. The summed E-state index contributed by atoms with van der Waals surface area (Å²) in [6.45, 7) is 1.16. The zero-order valence-electron chi connectivity index (χ0n) is 13.8. The molecule has 0 bridgehead atoms. The van der Waals surface area contributed by atoms with Gasteiger partial charge in [0.15, 0.2) is 0 Å². The fourth-order valence-electron chi connectivity index (χ4n) is 2.19. The molecule has 1 aromatic heterocycles. The summed E-state index contributed by atoms with van der Waals surface area (Å²) in [5, 5.41) is 13.6. The number of amides is 2. The fraction of sp³-hybridized carbons (Fsp3) is 0.250. The number of nitrogens with two attached hydrogens (primary N) is 1. The van der Waals surface area contributed by atoms with Gasteiger partial charge in [0.1, 0.15) is 4.92 Å². The minimum absolute atomic E-state index is 0.169. The van der Waals surface area contributed by atoms with Crippen LogP contribution in [-0.4, -0.2) is 48.8 Å². The van der Waals surface area contributed by atoms with Gasteiger partial charge in [0.05, 0.1) is 6.07 Å². The largest absolute Gasteiger partial charge is 0.434 e. The Morgan fingerprint density at radius 3 is 2.64 bits per heavy atom. The van der Waals surface area contributed by atoms with Crippen LogP contribution in [0.15, 0.2) is 34.7 Å². The van der Waals surface area contributed by atoms with Gasteiger partial charge >= 0.3 is 5.88 Å². The first-order valence-electron chi connectivity index (χ1n) is 7.41. The molecule has 0 atom stereocenters. The number of hydrogen-bond acceptors (Lipinski definition) is 6. The van der Waals surface area contributed by atoms with Crippen LogP contribution >= 0.6 is 0 Å². The lowest BCUT2D eigenvalue weighted by atomic mass is 10.0. The van der Waals surface area contributed by atoms with Crippen molar-refractivity contribution < 1.29 is 18.9 Å². The van der Waals surface area contributed by atoms with Gasteiger partial charge in [-0.1, -0.05) is 12.1 Å². The predicted octanol–water partition coefficient (Wildman–Crippen LogP) is 1.25. The van der Waals surface area contributed by atoms with E-state index in [4.69, 9.17) is 10.2 Å². The van der Waals surface area contributed by atoms with Crippen molar-refractivity contribution in [1.82, 2.24) is 10.2 Å². The van der Waals surface area contributed by atoms with Crippen LogP contribution < -0.4 is 11.1 Å². The average molecular weight is 346 g/mol. The number of likely N-dealkylation sites (N-methyl/N-ethyl adjacent to an activating group) is 1. The first kappa shape index (κ1) is 18.1. The zero-order valence-corrected chi connectivity index (χ0v) is 13.8. The maximum atomic E-state index is 12.2. The number of rotatable bonds is 7. The lowest BCUT2D eigenvalue weighted by Crippen LogP contribution is -2.31. The number of carbonyl (C=O) groups excluding carboxylic acids is 2. The average Bonchev–Trinajstić information content (AvgIpc) is 3.00. The highest BCUT2D eigenvalue weighted by molar-refractivity contribution is 5.99. The molecule has 0 spiro atoms. The molecular formula is C16H18N4O5. The van der Waals surface area contributed by atoms with Crippen molar-refractivity contribution in [3.8, 4) is 11.1 Å². The molecule has 0 saturated carbocycles. The number of carbonyl (C=O) groups is 2. The second-order valence-corrected chi connectivity index (χ2v) is 5.59. The van der Waals surface area contributed by atoms with Gasteiger partial charge in [0, 0.05) is 24.2 Å². The van der Waals surface area contributed by atoms with Gasteiger partial charge in [-0.2, -0.15) is 0 Å². The number of hydrogen-bond donors (Lipinski definition) is 2. The van der Waals surface area contributed by atoms with Crippen LogP contribution in [0.1, 0.15) is 20.9 Å². The second kappa shape index (κ2) is 7.58. The number of nitrogens with one attached hydrogen (secondary N) is 1. The molecule has 0 fully saturated rings. The molecule has 2 aromatic rings. The third-order valence-electron chi connectivity index (χ3n) is 3.40. The van der Waals surface area contributed by atoms with Crippen LogP contribution in [0.4, 0.5) is 5.88 Å². The van der Waals surface area contributed by atoms with Crippen molar-refractivity contribution in [3.05, 3.63) is 51.8 Å². The Hall–Kier alpha value is -3.20. The fourth-order valence-corrected chi connectivity index (χ4v) is 2.19. The molecule has 9 nitrogen and oxygen atoms in total. The van der Waals surface area contributed by atoms with Crippen molar-refractivity contribution >= 4 is 17.7 Å². The Bertz CT molecular complexity index is 813. The Morgan fingerprint density at radius 1 is 1.32 bits per heavy atom. The predicted molar refractivity (Wildman–Crippen MR) is 90.2 cm³/mol. The van der Waals surface area contributed by atoms with E-state index in [9.17, 15) is 19.7 Å². The van der Waals surface area contributed by atoms with Crippen molar-refractivity contribution in [2.45, 2.75) is 0 Å². The summed E-state index contributed by atoms with van der Waals surface area (Å²) < 4.78 is 4.90. The van der Waals surface area contributed by atoms with Crippen molar-refractivity contribution in [1.29, 1.82) is 0 Å². The maximum Gasteiger partial charge on any atom is 0.434 e. The highest BCUT2D eigenvalue weighted by atomic mass is 16.6. The normalized spacial score (nSPS) is 10.7. The van der Waals surface area contributed by atoms with Gasteiger partial charge in [-0.3, -0.25) is 19.7 Å². The third kappa shape index (κ3) is 4.42. The van der Waals surface area contributed by atoms with Crippen LogP contribution in [0.2, 0.25) is 0 Å². The summed E-state index contributed by atoms with van der Waals surface area (Å²) in [4.78, 5) is 35.7. The molecule has 2 rings (SSSR count). The van der Waals surface area contributed by atoms with E-state index >= 15 is 0 Å². The van der Waals surface area contributed by atoms with Gasteiger partial charge in [-0.25, -0.2) is 0 Å². The molecule has 0 aliphatic heterocycles. The molecule has 1 aromatic carbocycles. The van der Waals surface area contributed by atoms with Gasteiger partial charge in [-0.15, -0.1) is 0 Å². The van der Waals surface area contributed by atoms with Crippen LogP contribution in [0, 0.1) is 10.1 Å². The molecule has 2 amide bonds. The van der Waals surface area contributed by atoms with Crippen LogP contribution in [-0.2, 0) is 0 Å². The van der Waals surface area contributed by atoms with E-state index in [1.807, 2.05) is 19.0 Å². The Morgan fingerprint density at radius 2 is 2.04 bits per heavy atom. The summed E-state index contributed by atoms with van der Waals surface area (Å²) in [5.41, 5.74) is 6.17. The first-order valence-corrected chi connectivity index (χ1v) is 7.41. The van der Waals surface area contributed by atoms with Gasteiger partial charge < -0.3 is 20.4 Å². The number of primary amides is 1. The molecule has 0 saturated heterocycles. The molecule has 0 unspecified atom stereocenters. The topological polar surface area (TPSA) is 132 Å².